The second-order valence-corrected chi connectivity index (χ2v) is 10.6. The molecule has 0 aromatic heterocycles. The summed E-state index contributed by atoms with van der Waals surface area (Å²) in [6.07, 6.45) is 13.1. The number of aliphatic imine (C=N–C) groups is 2. The van der Waals surface area contributed by atoms with Crippen LogP contribution in [0.4, 0.5) is 0 Å². The zero-order valence-electron chi connectivity index (χ0n) is 20.7. The summed E-state index contributed by atoms with van der Waals surface area (Å²) in [5, 5.41) is 19.6. The summed E-state index contributed by atoms with van der Waals surface area (Å²) >= 11 is 0. The van der Waals surface area contributed by atoms with Crippen molar-refractivity contribution in [3.8, 4) is 0 Å². The molecule has 0 bridgehead atoms. The number of nitrogens with zero attached hydrogens (tertiary/aromatic N) is 3. The molecular formula is C31H33N3O2. The Kier molecular flexibility index (Phi) is 5.78. The highest BCUT2D eigenvalue weighted by atomic mass is 16.3. The first-order valence-electron chi connectivity index (χ1n) is 13.0. The quantitative estimate of drug-likeness (QED) is 0.586. The van der Waals surface area contributed by atoms with Crippen molar-refractivity contribution in [2.75, 3.05) is 13.2 Å². The van der Waals surface area contributed by atoms with Crippen LogP contribution in [0, 0.1) is 5.92 Å². The molecule has 0 radical (unpaired) electrons. The van der Waals surface area contributed by atoms with E-state index in [2.05, 4.69) is 83.8 Å². The van der Waals surface area contributed by atoms with E-state index in [1.165, 1.54) is 23.2 Å². The molecule has 1 saturated carbocycles. The minimum absolute atomic E-state index is 0.214. The number of hydrogen-bond acceptors (Lipinski definition) is 5. The normalized spacial score (nSPS) is 28.1. The van der Waals surface area contributed by atoms with Crippen molar-refractivity contribution in [1.82, 2.24) is 4.90 Å². The molecular weight excluding hydrogens is 446 g/mol. The first kappa shape index (κ1) is 23.1. The lowest BCUT2D eigenvalue weighted by Crippen LogP contribution is -2.54. The Bertz CT molecular complexity index is 1290. The van der Waals surface area contributed by atoms with Crippen molar-refractivity contribution in [1.29, 1.82) is 0 Å². The molecule has 0 saturated heterocycles. The lowest BCUT2D eigenvalue weighted by atomic mass is 9.66. The summed E-state index contributed by atoms with van der Waals surface area (Å²) in [6, 6.07) is 21.5. The van der Waals surface area contributed by atoms with Gasteiger partial charge in [0, 0.05) is 17.5 Å². The van der Waals surface area contributed by atoms with Crippen LogP contribution in [0.3, 0.4) is 0 Å². The fourth-order valence-electron chi connectivity index (χ4n) is 6.34. The Labute approximate surface area is 212 Å². The summed E-state index contributed by atoms with van der Waals surface area (Å²) in [5.74, 6) is 0.654. The standard InChI is InChI=1S/C31H33N3O2/c1-30(20-35,21-36)32-24-15-16-27-29(18-24)34-28(23-12-6-3-7-13-23)19-25(22-10-4-2-5-11-22)26-14-8-9-17-31(26,34)33-27/h2-7,10-13,15-16,18-19,25-26,35-36H,8-9,14,17,20-21H2,1H3/t25-,26+,31+/m1/s1. The molecule has 2 aliphatic carbocycles. The Balaban J connectivity index is 1.55. The maximum absolute atomic E-state index is 9.82. The van der Waals surface area contributed by atoms with E-state index >= 15 is 0 Å². The number of aliphatic hydroxyl groups excluding tert-OH is 2. The fraction of sp³-hybridized carbons (Fsp3) is 0.355. The van der Waals surface area contributed by atoms with Crippen LogP contribution in [-0.4, -0.2) is 51.0 Å². The third kappa shape index (κ3) is 3.69. The molecule has 3 atom stereocenters. The van der Waals surface area contributed by atoms with Crippen molar-refractivity contribution in [3.05, 3.63) is 102 Å². The molecule has 5 nitrogen and oxygen atoms in total. The third-order valence-corrected chi connectivity index (χ3v) is 8.15. The highest BCUT2D eigenvalue weighted by Crippen LogP contribution is 2.57. The molecule has 2 heterocycles. The molecule has 0 amide bonds. The van der Waals surface area contributed by atoms with Gasteiger partial charge in [-0.25, -0.2) is 0 Å². The van der Waals surface area contributed by atoms with Crippen molar-refractivity contribution < 1.29 is 10.2 Å². The Morgan fingerprint density at radius 2 is 1.69 bits per heavy atom. The average molecular weight is 480 g/mol. The van der Waals surface area contributed by atoms with Crippen LogP contribution in [-0.2, 0) is 0 Å². The minimum Gasteiger partial charge on any atom is -0.394 e. The topological polar surface area (TPSA) is 68.4 Å². The van der Waals surface area contributed by atoms with Crippen LogP contribution in [0.5, 0.6) is 0 Å². The van der Waals surface area contributed by atoms with Gasteiger partial charge in [0.25, 0.3) is 0 Å². The molecule has 0 unspecified atom stereocenters. The Morgan fingerprint density at radius 1 is 0.972 bits per heavy atom. The maximum atomic E-state index is 9.82. The monoisotopic (exact) mass is 479 g/mol. The summed E-state index contributed by atoms with van der Waals surface area (Å²) < 4.78 is 0. The summed E-state index contributed by atoms with van der Waals surface area (Å²) in [6.45, 7) is 1.34. The fourth-order valence-corrected chi connectivity index (χ4v) is 6.34. The maximum Gasteiger partial charge on any atom is 0.140 e. The van der Waals surface area contributed by atoms with E-state index in [1.54, 1.807) is 6.92 Å². The van der Waals surface area contributed by atoms with Gasteiger partial charge in [0.15, 0.2) is 0 Å². The van der Waals surface area contributed by atoms with Crippen molar-refractivity contribution in [2.45, 2.75) is 49.7 Å². The van der Waals surface area contributed by atoms with E-state index in [0.717, 1.165) is 36.4 Å². The molecule has 2 N–H and O–H groups in total. The number of benzene rings is 2. The molecule has 2 aromatic carbocycles. The van der Waals surface area contributed by atoms with E-state index in [0.29, 0.717) is 5.92 Å². The molecule has 1 fully saturated rings. The van der Waals surface area contributed by atoms with Gasteiger partial charge in [-0.3, -0.25) is 9.98 Å². The first-order chi connectivity index (χ1) is 17.6. The lowest BCUT2D eigenvalue weighted by Gasteiger charge is -2.53. The van der Waals surface area contributed by atoms with Crippen molar-refractivity contribution in [2.24, 2.45) is 15.9 Å². The smallest absolute Gasteiger partial charge is 0.140 e. The molecule has 184 valence electrons. The van der Waals surface area contributed by atoms with Gasteiger partial charge in [-0.2, -0.15) is 0 Å². The zero-order valence-corrected chi connectivity index (χ0v) is 20.7. The Morgan fingerprint density at radius 3 is 2.42 bits per heavy atom. The van der Waals surface area contributed by atoms with Gasteiger partial charge < -0.3 is 15.1 Å². The first-order valence-corrected chi connectivity index (χ1v) is 13.0. The van der Waals surface area contributed by atoms with Gasteiger partial charge in [0.2, 0.25) is 0 Å². The predicted octanol–water partition coefficient (Wildman–Crippen LogP) is 5.11. The SMILES string of the molecule is CC(CO)(CO)N=C1C=CC2=N[C@]34CCCC[C@H]3[C@@H](c3ccccc3)C=C(c3ccccc3)N4C2=C1. The number of aliphatic hydroxyl groups is 2. The van der Waals surface area contributed by atoms with Crippen LogP contribution in [0.1, 0.15) is 49.7 Å². The van der Waals surface area contributed by atoms with Gasteiger partial charge in [0.1, 0.15) is 11.2 Å². The van der Waals surface area contributed by atoms with E-state index in [1.807, 2.05) is 6.08 Å². The van der Waals surface area contributed by atoms with Crippen molar-refractivity contribution >= 4 is 17.1 Å². The summed E-state index contributed by atoms with van der Waals surface area (Å²) in [4.78, 5) is 12.7. The Hall–Kier alpha value is -3.28. The van der Waals surface area contributed by atoms with Gasteiger partial charge in [-0.15, -0.1) is 0 Å². The number of rotatable bonds is 5. The number of fused-ring (bicyclic) bond motifs is 2. The molecule has 1 spiro atoms. The average Bonchev–Trinajstić information content (AvgIpc) is 3.26. The van der Waals surface area contributed by atoms with Gasteiger partial charge in [0.05, 0.1) is 30.3 Å². The van der Waals surface area contributed by atoms with E-state index < -0.39 is 5.54 Å². The lowest BCUT2D eigenvalue weighted by molar-refractivity contribution is 0.0687. The number of allylic oxidation sites excluding steroid dienone is 4. The molecule has 4 aliphatic rings. The predicted molar refractivity (Wildman–Crippen MR) is 145 cm³/mol. The second-order valence-electron chi connectivity index (χ2n) is 10.6. The van der Waals surface area contributed by atoms with Crippen LogP contribution in [0.2, 0.25) is 0 Å². The van der Waals surface area contributed by atoms with E-state index in [4.69, 9.17) is 9.98 Å². The molecule has 36 heavy (non-hydrogen) atoms. The van der Waals surface area contributed by atoms with E-state index in [9.17, 15) is 10.2 Å². The highest BCUT2D eigenvalue weighted by Gasteiger charge is 2.56. The largest absolute Gasteiger partial charge is 0.394 e. The van der Waals surface area contributed by atoms with Crippen LogP contribution >= 0.6 is 0 Å². The summed E-state index contributed by atoms with van der Waals surface area (Å²) in [5.41, 5.74) is 5.26. The minimum atomic E-state index is -0.923. The van der Waals surface area contributed by atoms with E-state index in [-0.39, 0.29) is 24.8 Å². The number of hydrogen-bond donors (Lipinski definition) is 2. The van der Waals surface area contributed by atoms with Gasteiger partial charge in [-0.1, -0.05) is 73.2 Å². The molecule has 5 heteroatoms. The zero-order chi connectivity index (χ0) is 24.8. The third-order valence-electron chi connectivity index (χ3n) is 8.15. The van der Waals surface area contributed by atoms with Crippen LogP contribution < -0.4 is 0 Å². The molecule has 2 aliphatic heterocycles. The van der Waals surface area contributed by atoms with Gasteiger partial charge in [-0.05, 0) is 55.5 Å². The molecule has 6 rings (SSSR count). The highest BCUT2D eigenvalue weighted by molar-refractivity contribution is 6.22. The van der Waals surface area contributed by atoms with Crippen LogP contribution in [0.25, 0.3) is 5.70 Å². The van der Waals surface area contributed by atoms with Crippen LogP contribution in [0.15, 0.2) is 101 Å². The summed E-state index contributed by atoms with van der Waals surface area (Å²) in [7, 11) is 0. The van der Waals surface area contributed by atoms with Gasteiger partial charge >= 0.3 is 0 Å². The second kappa shape index (κ2) is 8.99. The van der Waals surface area contributed by atoms with Crippen molar-refractivity contribution in [3.63, 3.8) is 0 Å². The molecule has 2 aromatic rings.